The molecule has 4 heteroatoms. The summed E-state index contributed by atoms with van der Waals surface area (Å²) in [5.41, 5.74) is -0.731. The first kappa shape index (κ1) is 17.9. The molecule has 4 nitrogen and oxygen atoms in total. The van der Waals surface area contributed by atoms with Crippen molar-refractivity contribution in [3.63, 3.8) is 0 Å². The molecule has 0 saturated carbocycles. The van der Waals surface area contributed by atoms with Gasteiger partial charge in [-0.3, -0.25) is 9.59 Å². The Morgan fingerprint density at radius 2 is 1.42 bits per heavy atom. The topological polar surface area (TPSA) is 74.6 Å². The van der Waals surface area contributed by atoms with E-state index in [2.05, 4.69) is 0 Å². The van der Waals surface area contributed by atoms with Crippen LogP contribution in [0.5, 0.6) is 0 Å². The summed E-state index contributed by atoms with van der Waals surface area (Å²) >= 11 is 0. The van der Waals surface area contributed by atoms with Crippen molar-refractivity contribution in [3.05, 3.63) is 0 Å². The molecule has 0 saturated heterocycles. The molecule has 0 aliphatic rings. The number of hydrogen-bond acceptors (Lipinski definition) is 2. The zero-order valence-electron chi connectivity index (χ0n) is 12.4. The molecule has 0 spiro atoms. The second kappa shape index (κ2) is 8.94. The lowest BCUT2D eigenvalue weighted by molar-refractivity contribution is -0.152. The van der Waals surface area contributed by atoms with Gasteiger partial charge in [-0.2, -0.15) is 0 Å². The van der Waals surface area contributed by atoms with Gasteiger partial charge in [0.05, 0.1) is 11.3 Å². The molecule has 0 aromatic rings. The van der Waals surface area contributed by atoms with E-state index in [1.165, 1.54) is 0 Å². The summed E-state index contributed by atoms with van der Waals surface area (Å²) in [7, 11) is 0. The highest BCUT2D eigenvalue weighted by molar-refractivity contribution is 5.75. The normalized spacial score (nSPS) is 13.2. The molecular formula is C15H28O4. The van der Waals surface area contributed by atoms with Gasteiger partial charge in [-0.25, -0.2) is 0 Å². The minimum Gasteiger partial charge on any atom is -0.481 e. The highest BCUT2D eigenvalue weighted by Crippen LogP contribution is 2.37. The van der Waals surface area contributed by atoms with Crippen LogP contribution in [0.2, 0.25) is 0 Å². The van der Waals surface area contributed by atoms with E-state index >= 15 is 0 Å². The van der Waals surface area contributed by atoms with E-state index < -0.39 is 23.3 Å². The number of rotatable bonds is 11. The molecule has 0 aromatic carbocycles. The molecule has 0 fully saturated rings. The Bertz CT molecular complexity index is 280. The lowest BCUT2D eigenvalue weighted by atomic mass is 9.74. The van der Waals surface area contributed by atoms with Crippen LogP contribution in [0.4, 0.5) is 0 Å². The molecule has 19 heavy (non-hydrogen) atoms. The lowest BCUT2D eigenvalue weighted by Gasteiger charge is -2.30. The standard InChI is InChI=1S/C15H28O4/c1-4-7-12(13(16)17)8-11-15(9-5-2,10-6-3)14(18)19/h12H,4-11H2,1-3H3,(H,16,17)(H,18,19). The van der Waals surface area contributed by atoms with Crippen LogP contribution >= 0.6 is 0 Å². The third kappa shape index (κ3) is 5.62. The minimum atomic E-state index is -0.797. The van der Waals surface area contributed by atoms with E-state index in [9.17, 15) is 14.7 Å². The number of aliphatic carboxylic acids is 2. The van der Waals surface area contributed by atoms with Crippen LogP contribution in [0.3, 0.4) is 0 Å². The smallest absolute Gasteiger partial charge is 0.309 e. The number of carbonyl (C=O) groups is 2. The molecule has 0 rings (SSSR count). The van der Waals surface area contributed by atoms with Gasteiger partial charge in [-0.1, -0.05) is 40.0 Å². The summed E-state index contributed by atoms with van der Waals surface area (Å²) in [6.07, 6.45) is 5.29. The Kier molecular flexibility index (Phi) is 8.44. The van der Waals surface area contributed by atoms with Gasteiger partial charge in [0.25, 0.3) is 0 Å². The van der Waals surface area contributed by atoms with Crippen molar-refractivity contribution >= 4 is 11.9 Å². The molecule has 0 radical (unpaired) electrons. The first-order valence-corrected chi connectivity index (χ1v) is 7.39. The van der Waals surface area contributed by atoms with E-state index in [1.807, 2.05) is 20.8 Å². The average molecular weight is 272 g/mol. The summed E-state index contributed by atoms with van der Waals surface area (Å²) in [4.78, 5) is 22.7. The van der Waals surface area contributed by atoms with Crippen molar-refractivity contribution in [1.29, 1.82) is 0 Å². The fraction of sp³-hybridized carbons (Fsp3) is 0.867. The highest BCUT2D eigenvalue weighted by Gasteiger charge is 2.37. The van der Waals surface area contributed by atoms with Crippen molar-refractivity contribution in [2.45, 2.75) is 72.1 Å². The van der Waals surface area contributed by atoms with Crippen LogP contribution in [0.1, 0.15) is 72.1 Å². The molecule has 0 bridgehead atoms. The zero-order valence-corrected chi connectivity index (χ0v) is 12.4. The van der Waals surface area contributed by atoms with Crippen LogP contribution < -0.4 is 0 Å². The van der Waals surface area contributed by atoms with Crippen LogP contribution in [0, 0.1) is 11.3 Å². The van der Waals surface area contributed by atoms with Gasteiger partial charge in [-0.15, -0.1) is 0 Å². The third-order valence-corrected chi connectivity index (χ3v) is 3.87. The van der Waals surface area contributed by atoms with Gasteiger partial charge in [0, 0.05) is 0 Å². The number of carboxylic acids is 2. The molecule has 112 valence electrons. The van der Waals surface area contributed by atoms with E-state index in [4.69, 9.17) is 5.11 Å². The maximum Gasteiger partial charge on any atom is 0.309 e. The second-order valence-corrected chi connectivity index (χ2v) is 5.45. The Balaban J connectivity index is 4.79. The predicted octanol–water partition coefficient (Wildman–Crippen LogP) is 3.94. The van der Waals surface area contributed by atoms with Crippen LogP contribution in [0.25, 0.3) is 0 Å². The van der Waals surface area contributed by atoms with Crippen LogP contribution in [-0.4, -0.2) is 22.2 Å². The van der Waals surface area contributed by atoms with Gasteiger partial charge in [-0.05, 0) is 32.1 Å². The highest BCUT2D eigenvalue weighted by atomic mass is 16.4. The van der Waals surface area contributed by atoms with Crippen LogP contribution in [-0.2, 0) is 9.59 Å². The molecule has 1 unspecified atom stereocenters. The maximum absolute atomic E-state index is 11.6. The van der Waals surface area contributed by atoms with Crippen molar-refractivity contribution in [1.82, 2.24) is 0 Å². The first-order chi connectivity index (χ1) is 8.93. The monoisotopic (exact) mass is 272 g/mol. The molecular weight excluding hydrogens is 244 g/mol. The quantitative estimate of drug-likeness (QED) is 0.597. The van der Waals surface area contributed by atoms with Gasteiger partial charge in [0.15, 0.2) is 0 Å². The van der Waals surface area contributed by atoms with Gasteiger partial charge in [0.2, 0.25) is 0 Å². The minimum absolute atomic E-state index is 0.405. The van der Waals surface area contributed by atoms with Gasteiger partial charge in [0.1, 0.15) is 0 Å². The SMILES string of the molecule is CCCC(CCC(CCC)(CCC)C(=O)O)C(=O)O. The van der Waals surface area contributed by atoms with Crippen molar-refractivity contribution in [2.75, 3.05) is 0 Å². The molecule has 0 amide bonds. The maximum atomic E-state index is 11.6. The largest absolute Gasteiger partial charge is 0.481 e. The van der Waals surface area contributed by atoms with E-state index in [-0.39, 0.29) is 0 Å². The Hall–Kier alpha value is -1.06. The van der Waals surface area contributed by atoms with Crippen LogP contribution in [0.15, 0.2) is 0 Å². The Labute approximate surface area is 116 Å². The lowest BCUT2D eigenvalue weighted by Crippen LogP contribution is -2.32. The fourth-order valence-corrected chi connectivity index (χ4v) is 2.84. The van der Waals surface area contributed by atoms with E-state index in [1.54, 1.807) is 0 Å². The number of carboxylic acid groups (broad SMARTS) is 2. The Morgan fingerprint density at radius 1 is 0.895 bits per heavy atom. The fourth-order valence-electron chi connectivity index (χ4n) is 2.84. The molecule has 0 aromatic heterocycles. The second-order valence-electron chi connectivity index (χ2n) is 5.45. The molecule has 1 atom stereocenters. The van der Waals surface area contributed by atoms with Crippen molar-refractivity contribution < 1.29 is 19.8 Å². The molecule has 0 aliphatic heterocycles. The Morgan fingerprint density at radius 3 is 1.74 bits per heavy atom. The molecule has 0 heterocycles. The van der Waals surface area contributed by atoms with E-state index in [0.29, 0.717) is 32.1 Å². The molecule has 2 N–H and O–H groups in total. The zero-order chi connectivity index (χ0) is 14.9. The van der Waals surface area contributed by atoms with Crippen molar-refractivity contribution in [2.24, 2.45) is 11.3 Å². The summed E-state index contributed by atoms with van der Waals surface area (Å²) < 4.78 is 0. The molecule has 0 aliphatic carbocycles. The number of hydrogen-bond donors (Lipinski definition) is 2. The average Bonchev–Trinajstić information content (AvgIpc) is 2.34. The third-order valence-electron chi connectivity index (χ3n) is 3.87. The van der Waals surface area contributed by atoms with E-state index in [0.717, 1.165) is 19.3 Å². The summed E-state index contributed by atoms with van der Waals surface area (Å²) in [6, 6.07) is 0. The van der Waals surface area contributed by atoms with Crippen molar-refractivity contribution in [3.8, 4) is 0 Å². The summed E-state index contributed by atoms with van der Waals surface area (Å²) in [5.74, 6) is -1.97. The van der Waals surface area contributed by atoms with Gasteiger partial charge < -0.3 is 10.2 Å². The first-order valence-electron chi connectivity index (χ1n) is 7.39. The predicted molar refractivity (Wildman–Crippen MR) is 75.2 cm³/mol. The summed E-state index contributed by atoms with van der Waals surface area (Å²) in [6.45, 7) is 5.92. The summed E-state index contributed by atoms with van der Waals surface area (Å²) in [5, 5.41) is 18.7. The van der Waals surface area contributed by atoms with Gasteiger partial charge >= 0.3 is 11.9 Å².